The molecule has 240 valence electrons. The average Bonchev–Trinajstić information content (AvgIpc) is 3.46. The third-order valence-corrected chi connectivity index (χ3v) is 7.75. The van der Waals surface area contributed by atoms with Crippen molar-refractivity contribution in [1.82, 2.24) is 34.3 Å². The molecular weight excluding hydrogens is 607 g/mol. The first-order valence-corrected chi connectivity index (χ1v) is 14.9. The molecule has 4 aromatic heterocycles. The average molecular weight is 639 g/mol. The Bertz CT molecular complexity index is 2090. The van der Waals surface area contributed by atoms with E-state index in [1.807, 2.05) is 7.05 Å². The number of fused-ring (bicyclic) bond motifs is 1. The summed E-state index contributed by atoms with van der Waals surface area (Å²) >= 11 is 0. The van der Waals surface area contributed by atoms with Crippen LogP contribution in [0, 0.1) is 5.82 Å². The molecule has 0 radical (unpaired) electrons. The van der Waals surface area contributed by atoms with Gasteiger partial charge in [0.25, 0.3) is 17.4 Å². The van der Waals surface area contributed by atoms with Crippen LogP contribution in [0.3, 0.4) is 0 Å². The number of halogens is 1. The van der Waals surface area contributed by atoms with Gasteiger partial charge < -0.3 is 20.3 Å². The van der Waals surface area contributed by atoms with E-state index in [0.717, 1.165) is 36.2 Å². The molecule has 1 aliphatic rings. The number of aromatic nitrogens is 5. The summed E-state index contributed by atoms with van der Waals surface area (Å²) < 4.78 is 21.7. The van der Waals surface area contributed by atoms with Crippen LogP contribution in [0.4, 0.5) is 10.2 Å². The molecule has 14 heteroatoms. The summed E-state index contributed by atoms with van der Waals surface area (Å²) in [4.78, 5) is 67.6. The molecule has 1 unspecified atom stereocenters. The van der Waals surface area contributed by atoms with E-state index < -0.39 is 23.0 Å². The maximum Gasteiger partial charge on any atom is 0.335 e. The molecule has 1 fully saturated rings. The van der Waals surface area contributed by atoms with E-state index in [4.69, 9.17) is 4.74 Å². The third-order valence-electron chi connectivity index (χ3n) is 7.75. The fraction of sp³-hybridized carbons (Fsp3) is 0.242. The zero-order valence-electron chi connectivity index (χ0n) is 25.8. The molecule has 0 bridgehead atoms. The number of pyridine rings is 3. The van der Waals surface area contributed by atoms with Crippen molar-refractivity contribution in [2.24, 2.45) is 0 Å². The second kappa shape index (κ2) is 12.9. The zero-order valence-corrected chi connectivity index (χ0v) is 25.8. The number of hydrogen-bond acceptors (Lipinski definition) is 9. The first-order valence-electron chi connectivity index (χ1n) is 14.9. The largest absolute Gasteiger partial charge is 0.455 e. The van der Waals surface area contributed by atoms with Crippen LogP contribution < -0.4 is 26.6 Å². The number of likely N-dealkylation sites (N-methyl/N-ethyl adjacent to an activating group) is 1. The zero-order chi connectivity index (χ0) is 33.2. The molecule has 1 aromatic carbocycles. The van der Waals surface area contributed by atoms with Gasteiger partial charge in [0.15, 0.2) is 0 Å². The normalized spacial score (nSPS) is 14.8. The van der Waals surface area contributed by atoms with E-state index in [2.05, 4.69) is 30.5 Å². The number of nitrogens with zero attached hydrogens (tertiary/aromatic N) is 6. The Morgan fingerprint density at radius 1 is 1.00 bits per heavy atom. The summed E-state index contributed by atoms with van der Waals surface area (Å²) in [6.07, 6.45) is 6.53. The highest BCUT2D eigenvalue weighted by molar-refractivity contribution is 6.03. The van der Waals surface area contributed by atoms with Gasteiger partial charge in [-0.2, -0.15) is 0 Å². The third kappa shape index (κ3) is 6.63. The van der Waals surface area contributed by atoms with Crippen molar-refractivity contribution in [3.8, 4) is 17.2 Å². The molecule has 1 atom stereocenters. The van der Waals surface area contributed by atoms with Crippen LogP contribution in [0.5, 0.6) is 11.5 Å². The summed E-state index contributed by atoms with van der Waals surface area (Å²) in [5.41, 5.74) is -0.936. The second-order valence-electron chi connectivity index (χ2n) is 11.5. The summed E-state index contributed by atoms with van der Waals surface area (Å²) in [7, 11) is 2.01. The number of rotatable bonds is 8. The van der Waals surface area contributed by atoms with Crippen LogP contribution in [0.25, 0.3) is 16.6 Å². The molecule has 1 saturated heterocycles. The van der Waals surface area contributed by atoms with Gasteiger partial charge in [-0.3, -0.25) is 23.9 Å². The maximum atomic E-state index is 13.5. The summed E-state index contributed by atoms with van der Waals surface area (Å²) in [5, 5.41) is 6.18. The highest BCUT2D eigenvalue weighted by Crippen LogP contribution is 2.29. The number of anilines is 1. The molecule has 0 aliphatic carbocycles. The van der Waals surface area contributed by atoms with E-state index in [1.165, 1.54) is 41.4 Å². The fourth-order valence-electron chi connectivity index (χ4n) is 5.29. The van der Waals surface area contributed by atoms with Crippen molar-refractivity contribution in [2.45, 2.75) is 32.4 Å². The Kier molecular flexibility index (Phi) is 8.59. The van der Waals surface area contributed by atoms with Crippen molar-refractivity contribution < 1.29 is 18.7 Å². The molecule has 2 amide bonds. The summed E-state index contributed by atoms with van der Waals surface area (Å²) in [6.45, 7) is 5.15. The van der Waals surface area contributed by atoms with Crippen LogP contribution in [0.1, 0.15) is 47.2 Å². The van der Waals surface area contributed by atoms with Gasteiger partial charge in [0.1, 0.15) is 34.4 Å². The molecule has 1 aliphatic heterocycles. The Labute approximate surface area is 267 Å². The number of benzene rings is 1. The lowest BCUT2D eigenvalue weighted by Crippen LogP contribution is -2.42. The Balaban J connectivity index is 1.21. The van der Waals surface area contributed by atoms with Crippen LogP contribution >= 0.6 is 0 Å². The van der Waals surface area contributed by atoms with E-state index in [0.29, 0.717) is 22.4 Å². The molecule has 5 aromatic rings. The molecular formula is C33H31FN8O5. The molecule has 0 spiro atoms. The smallest absolute Gasteiger partial charge is 0.335 e. The first kappa shape index (κ1) is 31.2. The predicted molar refractivity (Wildman–Crippen MR) is 172 cm³/mol. The molecule has 13 nitrogen and oxygen atoms in total. The lowest BCUT2D eigenvalue weighted by atomic mass is 10.2. The van der Waals surface area contributed by atoms with Crippen LogP contribution in [-0.2, 0) is 0 Å². The number of carbonyl (C=O) groups excluding carboxylic acids is 2. The second-order valence-corrected chi connectivity index (χ2v) is 11.5. The summed E-state index contributed by atoms with van der Waals surface area (Å²) in [5.74, 6) is -0.728. The first-order chi connectivity index (χ1) is 22.6. The van der Waals surface area contributed by atoms with Crippen molar-refractivity contribution in [3.63, 3.8) is 0 Å². The quantitative estimate of drug-likeness (QED) is 0.260. The minimum Gasteiger partial charge on any atom is -0.455 e. The van der Waals surface area contributed by atoms with Gasteiger partial charge in [-0.1, -0.05) is 0 Å². The number of amides is 2. The Hall–Kier alpha value is -5.76. The van der Waals surface area contributed by atoms with Gasteiger partial charge in [0.2, 0.25) is 0 Å². The highest BCUT2D eigenvalue weighted by Gasteiger charge is 2.23. The SMILES string of the molecule is CC(C)n1cc(C(=O)Nc2ccc(Oc3ccnc4cnc(C(=O)NC5CCN(C)C5)cc34)cn2)c(=O)n(-c2ccc(F)cc2)c1=O. The van der Waals surface area contributed by atoms with Crippen LogP contribution in [-0.4, -0.2) is 67.0 Å². The number of carbonyl (C=O) groups is 2. The maximum absolute atomic E-state index is 13.5. The minimum atomic E-state index is -0.862. The lowest BCUT2D eigenvalue weighted by molar-refractivity contribution is 0.0932. The van der Waals surface area contributed by atoms with Gasteiger partial charge in [-0.05, 0) is 82.4 Å². The molecule has 5 heterocycles. The molecule has 2 N–H and O–H groups in total. The van der Waals surface area contributed by atoms with Gasteiger partial charge >= 0.3 is 5.69 Å². The van der Waals surface area contributed by atoms with E-state index in [-0.39, 0.29) is 40.8 Å². The Morgan fingerprint density at radius 3 is 2.47 bits per heavy atom. The van der Waals surface area contributed by atoms with E-state index >= 15 is 0 Å². The number of likely N-dealkylation sites (tertiary alicyclic amines) is 1. The molecule has 0 saturated carbocycles. The number of hydrogen-bond donors (Lipinski definition) is 2. The minimum absolute atomic E-state index is 0.0533. The van der Waals surface area contributed by atoms with Crippen molar-refractivity contribution in [2.75, 3.05) is 25.5 Å². The fourth-order valence-corrected chi connectivity index (χ4v) is 5.29. The lowest BCUT2D eigenvalue weighted by Gasteiger charge is -2.15. The molecule has 47 heavy (non-hydrogen) atoms. The van der Waals surface area contributed by atoms with E-state index in [9.17, 15) is 23.6 Å². The molecule has 6 rings (SSSR count). The highest BCUT2D eigenvalue weighted by atomic mass is 19.1. The monoisotopic (exact) mass is 638 g/mol. The standard InChI is InChI=1S/C33H31FN8O5/c1-19(2)41-18-25(32(45)42(33(41)46)22-6-4-20(34)5-7-22)30(43)39-29-9-8-23(15-37-29)47-28-10-12-35-27-16-36-26(14-24(27)28)31(44)38-21-11-13-40(3)17-21/h4-10,12,14-16,18-19,21H,11,13,17H2,1-3H3,(H,38,44)(H,37,39,43). The van der Waals surface area contributed by atoms with Crippen molar-refractivity contribution in [1.29, 1.82) is 0 Å². The van der Waals surface area contributed by atoms with Crippen LogP contribution in [0.15, 0.2) is 82.9 Å². The van der Waals surface area contributed by atoms with Crippen LogP contribution in [0.2, 0.25) is 0 Å². The van der Waals surface area contributed by atoms with Gasteiger partial charge in [0, 0.05) is 36.4 Å². The van der Waals surface area contributed by atoms with Crippen molar-refractivity contribution >= 4 is 28.5 Å². The van der Waals surface area contributed by atoms with Crippen molar-refractivity contribution in [3.05, 3.63) is 111 Å². The number of ether oxygens (including phenoxy) is 1. The van der Waals surface area contributed by atoms with Gasteiger partial charge in [-0.15, -0.1) is 0 Å². The van der Waals surface area contributed by atoms with Gasteiger partial charge in [0.05, 0.1) is 23.6 Å². The van der Waals surface area contributed by atoms with Gasteiger partial charge in [-0.25, -0.2) is 23.7 Å². The summed E-state index contributed by atoms with van der Waals surface area (Å²) in [6, 6.07) is 10.9. The van der Waals surface area contributed by atoms with E-state index in [1.54, 1.807) is 38.2 Å². The predicted octanol–water partition coefficient (Wildman–Crippen LogP) is 3.54. The number of nitrogens with one attached hydrogen (secondary N) is 2. The Morgan fingerprint density at radius 2 is 1.79 bits per heavy atom. The topological polar surface area (TPSA) is 153 Å².